The molecule has 8 heteroatoms. The number of rotatable bonds is 8. The number of halogens is 2. The van der Waals surface area contributed by atoms with Gasteiger partial charge in [-0.05, 0) is 66.4 Å². The van der Waals surface area contributed by atoms with E-state index < -0.39 is 11.6 Å². The molecule has 0 radical (unpaired) electrons. The van der Waals surface area contributed by atoms with E-state index in [1.165, 1.54) is 12.1 Å². The molecule has 1 aliphatic carbocycles. The lowest BCUT2D eigenvalue weighted by molar-refractivity contribution is 0.0954. The van der Waals surface area contributed by atoms with Crippen molar-refractivity contribution in [2.24, 2.45) is 0 Å². The van der Waals surface area contributed by atoms with Crippen LogP contribution in [0.1, 0.15) is 37.4 Å². The van der Waals surface area contributed by atoms with Crippen molar-refractivity contribution in [2.75, 3.05) is 31.6 Å². The van der Waals surface area contributed by atoms with Gasteiger partial charge in [0.25, 0.3) is 5.91 Å². The molecule has 1 aliphatic rings. The maximum absolute atomic E-state index is 14.0. The zero-order valence-corrected chi connectivity index (χ0v) is 18.5. The van der Waals surface area contributed by atoms with Crippen LogP contribution >= 0.6 is 0 Å². The molecule has 0 saturated heterocycles. The highest BCUT2D eigenvalue weighted by Crippen LogP contribution is 2.29. The fourth-order valence-corrected chi connectivity index (χ4v) is 3.98. The number of nitrogens with one attached hydrogen (secondary N) is 3. The number of amides is 1. The highest BCUT2D eigenvalue weighted by molar-refractivity contribution is 6.12. The Kier molecular flexibility index (Phi) is 7.30. The fourth-order valence-electron chi connectivity index (χ4n) is 3.98. The zero-order chi connectivity index (χ0) is 24.1. The van der Waals surface area contributed by atoms with Crippen LogP contribution in [0, 0.1) is 11.6 Å². The van der Waals surface area contributed by atoms with Gasteiger partial charge in [-0.3, -0.25) is 9.59 Å². The van der Waals surface area contributed by atoms with E-state index in [0.717, 1.165) is 17.2 Å². The minimum Gasteiger partial charge on any atom is -0.395 e. The van der Waals surface area contributed by atoms with Crippen molar-refractivity contribution in [1.82, 2.24) is 10.6 Å². The molecule has 0 saturated carbocycles. The molecule has 0 unspecified atom stereocenters. The van der Waals surface area contributed by atoms with Crippen molar-refractivity contribution in [1.29, 1.82) is 0 Å². The summed E-state index contributed by atoms with van der Waals surface area (Å²) in [5.74, 6) is -1.79. The molecule has 0 atom stereocenters. The lowest BCUT2D eigenvalue weighted by Gasteiger charge is -2.12. The maximum Gasteiger partial charge on any atom is 0.251 e. The number of anilines is 2. The first kappa shape index (κ1) is 23.5. The molecule has 0 aromatic heterocycles. The van der Waals surface area contributed by atoms with Crippen molar-refractivity contribution in [3.63, 3.8) is 0 Å². The molecule has 0 spiro atoms. The lowest BCUT2D eigenvalue weighted by atomic mass is 9.96. The van der Waals surface area contributed by atoms with Crippen molar-refractivity contribution in [3.05, 3.63) is 94.0 Å². The summed E-state index contributed by atoms with van der Waals surface area (Å²) in [6.45, 7) is 1.42. The number of hydrogen-bond acceptors (Lipinski definition) is 5. The van der Waals surface area contributed by atoms with Crippen LogP contribution in [0.15, 0.2) is 54.6 Å². The number of aryl methyl sites for hydroxylation is 2. The summed E-state index contributed by atoms with van der Waals surface area (Å²) >= 11 is 0. The van der Waals surface area contributed by atoms with Gasteiger partial charge in [0.1, 0.15) is 11.6 Å². The largest absolute Gasteiger partial charge is 0.395 e. The third-order valence-corrected chi connectivity index (χ3v) is 5.72. The molecule has 4 N–H and O–H groups in total. The Morgan fingerprint density at radius 2 is 1.71 bits per heavy atom. The molecule has 0 bridgehead atoms. The number of aliphatic hydroxyl groups excluding tert-OH is 1. The topological polar surface area (TPSA) is 90.5 Å². The highest BCUT2D eigenvalue weighted by Gasteiger charge is 2.23. The second-order valence-electron chi connectivity index (χ2n) is 8.05. The van der Waals surface area contributed by atoms with E-state index in [0.29, 0.717) is 54.9 Å². The van der Waals surface area contributed by atoms with Gasteiger partial charge in [0, 0.05) is 48.1 Å². The zero-order valence-electron chi connectivity index (χ0n) is 18.5. The van der Waals surface area contributed by atoms with Gasteiger partial charge in [-0.25, -0.2) is 8.78 Å². The SMILES string of the molecule is O=C(NCCNCCO)c1ccc2c(c1)C(=O)c1ccc(Nc3ccc(F)cc3F)cc1CC2. The second kappa shape index (κ2) is 10.5. The number of fused-ring (bicyclic) bond motifs is 2. The molecular weight excluding hydrogens is 440 g/mol. The first-order valence-corrected chi connectivity index (χ1v) is 11.1. The van der Waals surface area contributed by atoms with Crippen LogP contribution in [-0.2, 0) is 12.8 Å². The van der Waals surface area contributed by atoms with E-state index >= 15 is 0 Å². The van der Waals surface area contributed by atoms with Crippen LogP contribution in [0.3, 0.4) is 0 Å². The fraction of sp³-hybridized carbons (Fsp3) is 0.231. The summed E-state index contributed by atoms with van der Waals surface area (Å²) < 4.78 is 27.2. The van der Waals surface area contributed by atoms with Gasteiger partial charge >= 0.3 is 0 Å². The van der Waals surface area contributed by atoms with E-state index in [4.69, 9.17) is 5.11 Å². The number of benzene rings is 3. The first-order chi connectivity index (χ1) is 16.5. The highest BCUT2D eigenvalue weighted by atomic mass is 19.1. The number of carbonyl (C=O) groups is 2. The monoisotopic (exact) mass is 465 g/mol. The Morgan fingerprint density at radius 1 is 0.882 bits per heavy atom. The van der Waals surface area contributed by atoms with Crippen molar-refractivity contribution in [3.8, 4) is 0 Å². The van der Waals surface area contributed by atoms with E-state index in [2.05, 4.69) is 16.0 Å². The van der Waals surface area contributed by atoms with E-state index in [1.54, 1.807) is 30.3 Å². The Morgan fingerprint density at radius 3 is 2.50 bits per heavy atom. The van der Waals surface area contributed by atoms with Gasteiger partial charge < -0.3 is 21.1 Å². The minimum absolute atomic E-state index is 0.0308. The molecule has 34 heavy (non-hydrogen) atoms. The third kappa shape index (κ3) is 5.30. The van der Waals surface area contributed by atoms with Gasteiger partial charge in [0.15, 0.2) is 5.78 Å². The van der Waals surface area contributed by atoms with Gasteiger partial charge in [0.05, 0.1) is 12.3 Å². The van der Waals surface area contributed by atoms with E-state index in [-0.39, 0.29) is 24.0 Å². The molecule has 176 valence electrons. The average Bonchev–Trinajstić information content (AvgIpc) is 2.97. The van der Waals surface area contributed by atoms with E-state index in [9.17, 15) is 18.4 Å². The smallest absolute Gasteiger partial charge is 0.251 e. The van der Waals surface area contributed by atoms with Crippen LogP contribution in [-0.4, -0.2) is 43.0 Å². The molecule has 3 aromatic rings. The second-order valence-corrected chi connectivity index (χ2v) is 8.05. The standard InChI is InChI=1S/C26H25F2N3O3/c27-19-5-8-24(23(28)15-19)31-20-6-7-21-17(13-20)3-1-16-2-4-18(14-22(16)25(21)33)26(34)30-10-9-29-11-12-32/h2,4-8,13-15,29,31-32H,1,3,9-12H2,(H,30,34). The molecule has 6 nitrogen and oxygen atoms in total. The molecule has 0 aliphatic heterocycles. The molecule has 3 aromatic carbocycles. The molecular formula is C26H25F2N3O3. The van der Waals surface area contributed by atoms with Gasteiger partial charge in [0.2, 0.25) is 0 Å². The van der Waals surface area contributed by atoms with Gasteiger partial charge in [-0.1, -0.05) is 6.07 Å². The summed E-state index contributed by atoms with van der Waals surface area (Å²) in [4.78, 5) is 25.8. The predicted molar refractivity (Wildman–Crippen MR) is 126 cm³/mol. The molecule has 0 fully saturated rings. The van der Waals surface area contributed by atoms with Crippen molar-refractivity contribution in [2.45, 2.75) is 12.8 Å². The first-order valence-electron chi connectivity index (χ1n) is 11.1. The number of hydrogen-bond donors (Lipinski definition) is 4. The Hall–Kier alpha value is -3.62. The normalized spacial score (nSPS) is 12.5. The predicted octanol–water partition coefficient (Wildman–Crippen LogP) is 3.35. The average molecular weight is 466 g/mol. The maximum atomic E-state index is 14.0. The number of aliphatic hydroxyl groups is 1. The molecule has 4 rings (SSSR count). The number of ketones is 1. The van der Waals surface area contributed by atoms with Gasteiger partial charge in [-0.15, -0.1) is 0 Å². The van der Waals surface area contributed by atoms with Crippen LogP contribution in [0.5, 0.6) is 0 Å². The Bertz CT molecular complexity index is 1230. The summed E-state index contributed by atoms with van der Waals surface area (Å²) in [6.07, 6.45) is 1.23. The summed E-state index contributed by atoms with van der Waals surface area (Å²) in [6, 6.07) is 13.6. The summed E-state index contributed by atoms with van der Waals surface area (Å²) in [7, 11) is 0. The van der Waals surface area contributed by atoms with Crippen LogP contribution < -0.4 is 16.0 Å². The van der Waals surface area contributed by atoms with Crippen LogP contribution in [0.25, 0.3) is 0 Å². The quantitative estimate of drug-likeness (QED) is 0.383. The van der Waals surface area contributed by atoms with E-state index in [1.807, 2.05) is 6.07 Å². The van der Waals surface area contributed by atoms with Crippen LogP contribution in [0.2, 0.25) is 0 Å². The molecule has 0 heterocycles. The summed E-state index contributed by atoms with van der Waals surface area (Å²) in [5.41, 5.74) is 3.85. The van der Waals surface area contributed by atoms with Gasteiger partial charge in [-0.2, -0.15) is 0 Å². The Balaban J connectivity index is 1.52. The van der Waals surface area contributed by atoms with Crippen LogP contribution in [0.4, 0.5) is 20.2 Å². The lowest BCUT2D eigenvalue weighted by Crippen LogP contribution is -2.33. The Labute approximate surface area is 196 Å². The van der Waals surface area contributed by atoms with Crippen molar-refractivity contribution < 1.29 is 23.5 Å². The minimum atomic E-state index is -0.701. The molecule has 1 amide bonds. The van der Waals surface area contributed by atoms with Crippen molar-refractivity contribution >= 4 is 23.1 Å². The summed E-state index contributed by atoms with van der Waals surface area (Å²) in [5, 5.41) is 17.5. The number of carbonyl (C=O) groups excluding carboxylic acids is 2. The third-order valence-electron chi connectivity index (χ3n) is 5.72.